The van der Waals surface area contributed by atoms with E-state index in [2.05, 4.69) is 5.32 Å². The van der Waals surface area contributed by atoms with Crippen molar-refractivity contribution in [3.63, 3.8) is 0 Å². The zero-order chi connectivity index (χ0) is 18.5. The highest BCUT2D eigenvalue weighted by molar-refractivity contribution is 8.01. The van der Waals surface area contributed by atoms with Crippen LogP contribution in [0.15, 0.2) is 24.3 Å². The van der Waals surface area contributed by atoms with E-state index >= 15 is 0 Å². The molecule has 25 heavy (non-hydrogen) atoms. The molecule has 0 aliphatic carbocycles. The van der Waals surface area contributed by atoms with Gasteiger partial charge in [0, 0.05) is 10.3 Å². The molecular weight excluding hydrogens is 340 g/mol. The van der Waals surface area contributed by atoms with E-state index in [0.29, 0.717) is 5.56 Å². The molecular formula is C18H22N2O4S. The Hall–Kier alpha value is -2.02. The largest absolute Gasteiger partial charge is 0.480 e. The topological polar surface area (TPSA) is 86.7 Å². The van der Waals surface area contributed by atoms with Crippen LogP contribution in [0.3, 0.4) is 0 Å². The van der Waals surface area contributed by atoms with Gasteiger partial charge in [0.2, 0.25) is 5.91 Å². The molecule has 2 heterocycles. The summed E-state index contributed by atoms with van der Waals surface area (Å²) in [5, 5.41) is 11.8. The van der Waals surface area contributed by atoms with Gasteiger partial charge in [-0.2, -0.15) is 0 Å². The number of amides is 2. The first kappa shape index (κ1) is 17.8. The molecule has 0 spiro atoms. The molecule has 3 atom stereocenters. The molecule has 1 aromatic carbocycles. The van der Waals surface area contributed by atoms with Gasteiger partial charge in [-0.05, 0) is 31.4 Å². The number of carbonyl (C=O) groups excluding carboxylic acids is 2. The minimum atomic E-state index is -1.07. The SMILES string of the molecule is CC(C)[C@@H](NC(=O)[C@@H]1N2C(=O)c3ccccc3[C@@H]2SC1(C)C)C(=O)O. The fraction of sp³-hybridized carbons (Fsp3) is 0.500. The molecule has 2 aliphatic rings. The average molecular weight is 362 g/mol. The third-order valence-corrected chi connectivity index (χ3v) is 6.31. The van der Waals surface area contributed by atoms with Gasteiger partial charge in [-0.15, -0.1) is 11.8 Å². The summed E-state index contributed by atoms with van der Waals surface area (Å²) in [6.45, 7) is 7.32. The van der Waals surface area contributed by atoms with Gasteiger partial charge in [-0.1, -0.05) is 32.0 Å². The molecule has 134 valence electrons. The molecule has 1 aromatic rings. The number of fused-ring (bicyclic) bond motifs is 3. The minimum Gasteiger partial charge on any atom is -0.480 e. The van der Waals surface area contributed by atoms with Gasteiger partial charge >= 0.3 is 5.97 Å². The maximum Gasteiger partial charge on any atom is 0.326 e. The number of carboxylic acids is 1. The second-order valence-electron chi connectivity index (χ2n) is 7.34. The molecule has 0 unspecified atom stereocenters. The van der Waals surface area contributed by atoms with Gasteiger partial charge in [0.05, 0.1) is 0 Å². The predicted molar refractivity (Wildman–Crippen MR) is 95.2 cm³/mol. The second kappa shape index (κ2) is 6.05. The molecule has 3 rings (SSSR count). The second-order valence-corrected chi connectivity index (χ2v) is 9.08. The van der Waals surface area contributed by atoms with Crippen LogP contribution in [0.2, 0.25) is 0 Å². The first-order chi connectivity index (χ1) is 11.6. The number of nitrogens with one attached hydrogen (secondary N) is 1. The molecule has 1 saturated heterocycles. The van der Waals surface area contributed by atoms with Crippen molar-refractivity contribution in [3.05, 3.63) is 35.4 Å². The average Bonchev–Trinajstić information content (AvgIpc) is 2.95. The normalized spacial score (nSPS) is 24.8. The molecule has 1 fully saturated rings. The Morgan fingerprint density at radius 2 is 1.92 bits per heavy atom. The van der Waals surface area contributed by atoms with Crippen molar-refractivity contribution in [3.8, 4) is 0 Å². The van der Waals surface area contributed by atoms with Gasteiger partial charge < -0.3 is 15.3 Å². The molecule has 2 aliphatic heterocycles. The van der Waals surface area contributed by atoms with Crippen molar-refractivity contribution in [2.45, 2.75) is 49.9 Å². The van der Waals surface area contributed by atoms with Gasteiger partial charge in [0.1, 0.15) is 17.5 Å². The lowest BCUT2D eigenvalue weighted by Gasteiger charge is -2.31. The summed E-state index contributed by atoms with van der Waals surface area (Å²) in [5.41, 5.74) is 1.53. The lowest BCUT2D eigenvalue weighted by molar-refractivity contribution is -0.144. The molecule has 0 saturated carbocycles. The smallest absolute Gasteiger partial charge is 0.326 e. The van der Waals surface area contributed by atoms with E-state index in [-0.39, 0.29) is 17.2 Å². The Bertz CT molecular complexity index is 746. The van der Waals surface area contributed by atoms with Crippen molar-refractivity contribution in [1.82, 2.24) is 10.2 Å². The van der Waals surface area contributed by atoms with Crippen LogP contribution in [0.25, 0.3) is 0 Å². The minimum absolute atomic E-state index is 0.171. The number of thioether (sulfide) groups is 1. The van der Waals surface area contributed by atoms with Crippen LogP contribution in [-0.2, 0) is 9.59 Å². The first-order valence-corrected chi connectivity index (χ1v) is 9.15. The Balaban J connectivity index is 1.93. The van der Waals surface area contributed by atoms with Crippen LogP contribution in [-0.4, -0.2) is 44.6 Å². The lowest BCUT2D eigenvalue weighted by atomic mass is 9.98. The van der Waals surface area contributed by atoms with Crippen molar-refractivity contribution in [2.75, 3.05) is 0 Å². The third kappa shape index (κ3) is 2.80. The number of carbonyl (C=O) groups is 3. The van der Waals surface area contributed by atoms with E-state index in [1.165, 1.54) is 0 Å². The van der Waals surface area contributed by atoms with Crippen molar-refractivity contribution in [2.24, 2.45) is 5.92 Å². The Kier molecular flexibility index (Phi) is 4.31. The van der Waals surface area contributed by atoms with E-state index in [0.717, 1.165) is 5.56 Å². The fourth-order valence-electron chi connectivity index (χ4n) is 3.55. The predicted octanol–water partition coefficient (Wildman–Crippen LogP) is 2.26. The van der Waals surface area contributed by atoms with E-state index < -0.39 is 28.7 Å². The molecule has 0 radical (unpaired) electrons. The van der Waals surface area contributed by atoms with Crippen molar-refractivity contribution < 1.29 is 19.5 Å². The van der Waals surface area contributed by atoms with Crippen molar-refractivity contribution >= 4 is 29.5 Å². The van der Waals surface area contributed by atoms with Crippen LogP contribution in [0.5, 0.6) is 0 Å². The summed E-state index contributed by atoms with van der Waals surface area (Å²) < 4.78 is -0.516. The summed E-state index contributed by atoms with van der Waals surface area (Å²) in [7, 11) is 0. The van der Waals surface area contributed by atoms with E-state index in [1.807, 2.05) is 32.0 Å². The lowest BCUT2D eigenvalue weighted by Crippen LogP contribution is -2.56. The van der Waals surface area contributed by atoms with Gasteiger partial charge in [-0.25, -0.2) is 4.79 Å². The van der Waals surface area contributed by atoms with Crippen LogP contribution in [0.4, 0.5) is 0 Å². The maximum atomic E-state index is 12.9. The molecule has 7 heteroatoms. The zero-order valence-electron chi connectivity index (χ0n) is 14.6. The van der Waals surface area contributed by atoms with Crippen LogP contribution < -0.4 is 5.32 Å². The first-order valence-electron chi connectivity index (χ1n) is 8.27. The number of aliphatic carboxylic acids is 1. The Labute approximate surface area is 151 Å². The standard InChI is InChI=1S/C18H22N2O4S/c1-9(2)12(17(23)24)19-14(21)13-18(3,4)25-16-11-8-6-5-7-10(11)15(22)20(13)16/h5-9,12-13,16H,1-4H3,(H,19,21)(H,23,24)/t12-,13+,16+/m1/s1. The highest BCUT2D eigenvalue weighted by Crippen LogP contribution is 2.56. The Morgan fingerprint density at radius 1 is 1.28 bits per heavy atom. The number of benzene rings is 1. The number of nitrogens with zero attached hydrogens (tertiary/aromatic N) is 1. The third-order valence-electron chi connectivity index (χ3n) is 4.78. The summed E-state index contributed by atoms with van der Waals surface area (Å²) in [6, 6.07) is 5.68. The fourth-order valence-corrected chi connectivity index (χ4v) is 5.14. The summed E-state index contributed by atoms with van der Waals surface area (Å²) in [6.07, 6.45) is 0. The number of rotatable bonds is 4. The molecule has 0 aromatic heterocycles. The number of hydrogen-bond acceptors (Lipinski definition) is 4. The quantitative estimate of drug-likeness (QED) is 0.858. The van der Waals surface area contributed by atoms with Gasteiger partial charge in [0.15, 0.2) is 0 Å². The number of hydrogen-bond donors (Lipinski definition) is 2. The Morgan fingerprint density at radius 3 is 2.52 bits per heavy atom. The highest BCUT2D eigenvalue weighted by atomic mass is 32.2. The van der Waals surface area contributed by atoms with Crippen molar-refractivity contribution in [1.29, 1.82) is 0 Å². The maximum absolute atomic E-state index is 12.9. The summed E-state index contributed by atoms with van der Waals surface area (Å²) >= 11 is 1.56. The molecule has 6 nitrogen and oxygen atoms in total. The van der Waals surface area contributed by atoms with Crippen LogP contribution in [0, 0.1) is 5.92 Å². The van der Waals surface area contributed by atoms with E-state index in [9.17, 15) is 19.5 Å². The molecule has 2 N–H and O–H groups in total. The summed E-state index contributed by atoms with van der Waals surface area (Å²) in [4.78, 5) is 38.8. The monoisotopic (exact) mass is 362 g/mol. The van der Waals surface area contributed by atoms with E-state index in [1.54, 1.807) is 36.6 Å². The summed E-state index contributed by atoms with van der Waals surface area (Å²) in [5.74, 6) is -1.90. The highest BCUT2D eigenvalue weighted by Gasteiger charge is 2.57. The number of carboxylic acid groups (broad SMARTS) is 1. The van der Waals surface area contributed by atoms with E-state index in [4.69, 9.17) is 0 Å². The molecule has 2 amide bonds. The zero-order valence-corrected chi connectivity index (χ0v) is 15.5. The molecule has 0 bridgehead atoms. The van der Waals surface area contributed by atoms with Gasteiger partial charge in [0.25, 0.3) is 5.91 Å². The van der Waals surface area contributed by atoms with Crippen LogP contribution in [0.1, 0.15) is 49.0 Å². The van der Waals surface area contributed by atoms with Crippen LogP contribution >= 0.6 is 11.8 Å². The van der Waals surface area contributed by atoms with Gasteiger partial charge in [-0.3, -0.25) is 9.59 Å².